The Labute approximate surface area is 252 Å². The van der Waals surface area contributed by atoms with Gasteiger partial charge in [0.05, 0.1) is 12.4 Å². The number of carbonyl (C=O) groups is 1. The monoisotopic (exact) mass is 662 g/mol. The highest BCUT2D eigenvalue weighted by Gasteiger charge is 2.60. The van der Waals surface area contributed by atoms with Crippen LogP contribution in [0.2, 0.25) is 5.28 Å². The summed E-state index contributed by atoms with van der Waals surface area (Å²) in [5.74, 6) is -0.563. The van der Waals surface area contributed by atoms with Gasteiger partial charge in [0.25, 0.3) is 0 Å². The number of urea groups is 1. The van der Waals surface area contributed by atoms with Gasteiger partial charge in [0.15, 0.2) is 23.2 Å². The molecule has 5 aliphatic rings. The quantitative estimate of drug-likeness (QED) is 0.160. The second-order valence-corrected chi connectivity index (χ2v) is 18.8. The van der Waals surface area contributed by atoms with Crippen LogP contribution in [-0.4, -0.2) is 86.4 Å². The molecule has 4 aliphatic carbocycles. The van der Waals surface area contributed by atoms with Crippen LogP contribution < -0.4 is 10.6 Å². The number of aliphatic hydroxyl groups is 2. The fourth-order valence-corrected chi connectivity index (χ4v) is 12.7. The maximum Gasteiger partial charge on any atom is 0.335 e. The van der Waals surface area contributed by atoms with E-state index in [0.717, 1.165) is 19.3 Å². The fourth-order valence-electron chi connectivity index (χ4n) is 9.02. The summed E-state index contributed by atoms with van der Waals surface area (Å²) in [6, 6.07) is -0.434. The van der Waals surface area contributed by atoms with Crippen LogP contribution in [0.1, 0.15) is 65.0 Å². The molecule has 238 valence electrons. The van der Waals surface area contributed by atoms with Crippen molar-refractivity contribution >= 4 is 49.6 Å². The minimum atomic E-state index is -4.74. The molecule has 2 amide bonds. The van der Waals surface area contributed by atoms with Crippen molar-refractivity contribution < 1.29 is 43.6 Å². The molecule has 9 atom stereocenters. The van der Waals surface area contributed by atoms with Crippen LogP contribution in [0.4, 0.5) is 10.6 Å². The second kappa shape index (κ2) is 10.4. The lowest BCUT2D eigenvalue weighted by Crippen LogP contribution is -2.65. The van der Waals surface area contributed by atoms with E-state index in [-0.39, 0.29) is 45.1 Å². The summed E-state index contributed by atoms with van der Waals surface area (Å²) in [5, 5.41) is 27.2. The minimum absolute atomic E-state index is 0.0524. The summed E-state index contributed by atoms with van der Waals surface area (Å²) in [6.07, 6.45) is 1.45. The van der Waals surface area contributed by atoms with Gasteiger partial charge in [-0.05, 0) is 73.3 Å². The van der Waals surface area contributed by atoms with Gasteiger partial charge in [0.2, 0.25) is 12.7 Å². The van der Waals surface area contributed by atoms with Crippen LogP contribution in [0.25, 0.3) is 11.2 Å². The van der Waals surface area contributed by atoms with Gasteiger partial charge >= 0.3 is 13.6 Å². The van der Waals surface area contributed by atoms with Crippen LogP contribution >= 0.6 is 26.6 Å². The Balaban J connectivity index is 1.18. The fraction of sp³-hybridized carbons (Fsp3) is 0.760. The third kappa shape index (κ3) is 6.25. The number of aliphatic hydroxyl groups excluding tert-OH is 2. The normalized spacial score (nSPS) is 38.4. The van der Waals surface area contributed by atoms with Gasteiger partial charge in [-0.15, -0.1) is 0 Å². The summed E-state index contributed by atoms with van der Waals surface area (Å²) in [6.45, 7) is 4.63. The predicted molar refractivity (Wildman–Crippen MR) is 155 cm³/mol. The van der Waals surface area contributed by atoms with Gasteiger partial charge < -0.3 is 34.9 Å². The van der Waals surface area contributed by atoms with Gasteiger partial charge in [0, 0.05) is 11.7 Å². The van der Waals surface area contributed by atoms with E-state index in [9.17, 15) is 29.0 Å². The number of carbonyl (C=O) groups excluding carboxylic acids is 1. The maximum atomic E-state index is 13.4. The first-order valence-electron chi connectivity index (χ1n) is 14.2. The van der Waals surface area contributed by atoms with Crippen molar-refractivity contribution in [3.63, 3.8) is 0 Å². The molecule has 15 nitrogen and oxygen atoms in total. The van der Waals surface area contributed by atoms with Crippen molar-refractivity contribution in [2.24, 2.45) is 16.7 Å². The molecule has 1 saturated heterocycles. The lowest BCUT2D eigenvalue weighted by molar-refractivity contribution is -0.113. The molecular formula is C25H37ClN6O9P2. The molecule has 4 unspecified atom stereocenters. The van der Waals surface area contributed by atoms with Gasteiger partial charge in [-0.3, -0.25) is 19.0 Å². The number of fused-ring (bicyclic) bond motifs is 1. The lowest BCUT2D eigenvalue weighted by atomic mass is 9.43. The van der Waals surface area contributed by atoms with Crippen molar-refractivity contribution in [2.75, 3.05) is 17.4 Å². The lowest BCUT2D eigenvalue weighted by Gasteiger charge is -2.65. The van der Waals surface area contributed by atoms with Crippen LogP contribution in [0.15, 0.2) is 6.33 Å². The number of nitrogens with zero attached hydrogens (tertiary/aromatic N) is 4. The summed E-state index contributed by atoms with van der Waals surface area (Å²) < 4.78 is 30.5. The average molecular weight is 663 g/mol. The second-order valence-electron chi connectivity index (χ2n) is 13.9. The number of ether oxygens (including phenoxy) is 1. The topological polar surface area (TPSA) is 229 Å². The maximum absolute atomic E-state index is 13.4. The first-order chi connectivity index (χ1) is 19.9. The molecule has 4 bridgehead atoms. The minimum Gasteiger partial charge on any atom is -0.388 e. The Morgan fingerprint density at radius 3 is 2.40 bits per heavy atom. The van der Waals surface area contributed by atoms with Crippen molar-refractivity contribution in [1.29, 1.82) is 0 Å². The van der Waals surface area contributed by atoms with Crippen molar-refractivity contribution in [3.05, 3.63) is 11.6 Å². The Morgan fingerprint density at radius 2 is 1.77 bits per heavy atom. The summed E-state index contributed by atoms with van der Waals surface area (Å²) >= 11 is 6.22. The number of imidazole rings is 1. The van der Waals surface area contributed by atoms with Crippen molar-refractivity contribution in [3.8, 4) is 0 Å². The first-order valence-corrected chi connectivity index (χ1v) is 18.4. The molecule has 3 heterocycles. The van der Waals surface area contributed by atoms with Gasteiger partial charge in [-0.1, -0.05) is 13.8 Å². The molecule has 2 aromatic rings. The Morgan fingerprint density at radius 1 is 1.09 bits per heavy atom. The first kappa shape index (κ1) is 31.3. The number of hydrogen-bond donors (Lipinski definition) is 7. The van der Waals surface area contributed by atoms with E-state index in [4.69, 9.17) is 26.1 Å². The zero-order valence-electron chi connectivity index (χ0n) is 23.8. The molecule has 7 N–H and O–H groups in total. The Bertz CT molecular complexity index is 1530. The zero-order valence-corrected chi connectivity index (χ0v) is 26.3. The van der Waals surface area contributed by atoms with E-state index in [1.54, 1.807) is 0 Å². The molecule has 7 rings (SSSR count). The van der Waals surface area contributed by atoms with E-state index >= 15 is 0 Å². The summed E-state index contributed by atoms with van der Waals surface area (Å²) in [5.41, 5.74) is 0.364. The SMILES string of the molecule is C[C@]12CC3CC(NC(=O)Nc4nc(Cl)nc5c4ncn5[C@@H]4O[C@H](CCP(=O)(O)CP(=O)(O)O)C(O)[C@@H]4O)(C1)C[C@@](C)(C3)C2. The van der Waals surface area contributed by atoms with Crippen LogP contribution in [0.5, 0.6) is 0 Å². The number of aromatic nitrogens is 4. The number of halogens is 1. The van der Waals surface area contributed by atoms with E-state index in [2.05, 4.69) is 39.4 Å². The van der Waals surface area contributed by atoms with Gasteiger partial charge in [-0.25, -0.2) is 9.78 Å². The number of amides is 2. The van der Waals surface area contributed by atoms with E-state index < -0.39 is 57.6 Å². The van der Waals surface area contributed by atoms with E-state index in [1.807, 2.05) is 0 Å². The van der Waals surface area contributed by atoms with Gasteiger partial charge in [0.1, 0.15) is 18.1 Å². The molecule has 5 fully saturated rings. The van der Waals surface area contributed by atoms with E-state index in [0.29, 0.717) is 5.92 Å². The molecule has 43 heavy (non-hydrogen) atoms. The number of hydrogen-bond acceptors (Lipinski definition) is 9. The highest BCUT2D eigenvalue weighted by molar-refractivity contribution is 7.72. The average Bonchev–Trinajstić information content (AvgIpc) is 3.34. The molecule has 1 aliphatic heterocycles. The van der Waals surface area contributed by atoms with Crippen LogP contribution in [-0.2, 0) is 13.9 Å². The zero-order chi connectivity index (χ0) is 31.2. The number of rotatable bonds is 8. The Hall–Kier alpha value is -1.67. The molecule has 0 radical (unpaired) electrons. The van der Waals surface area contributed by atoms with Crippen LogP contribution in [0, 0.1) is 16.7 Å². The highest BCUT2D eigenvalue weighted by Crippen LogP contribution is 2.66. The van der Waals surface area contributed by atoms with Crippen molar-refractivity contribution in [2.45, 2.75) is 88.9 Å². The molecule has 18 heteroatoms. The standard InChI is InChI=1S/C25H37ClN6O9P2/c1-23-5-13-6-24(2,8-23)10-25(7-13,9-23)31-22(35)29-18-15-19(30-21(26)28-18)32(11-27-15)20-17(34)16(33)14(41-20)3-4-42(36,37)12-43(38,39)40/h11,13-14,16-17,20,33-34H,3-10,12H2,1-2H3,(H,36,37)(H2,38,39,40)(H2,28,29,30,31,35)/t13?,14-,16?,17+,20-,23-,24+,25?/m1/s1. The molecule has 4 saturated carbocycles. The molecular weight excluding hydrogens is 626 g/mol. The predicted octanol–water partition coefficient (Wildman–Crippen LogP) is 2.77. The number of nitrogens with one attached hydrogen (secondary N) is 2. The van der Waals surface area contributed by atoms with E-state index in [1.165, 1.54) is 30.2 Å². The third-order valence-corrected chi connectivity index (χ3v) is 13.8. The highest BCUT2D eigenvalue weighted by atomic mass is 35.5. The summed E-state index contributed by atoms with van der Waals surface area (Å²) in [7, 11) is -8.96. The van der Waals surface area contributed by atoms with Crippen molar-refractivity contribution in [1.82, 2.24) is 24.8 Å². The molecule has 0 spiro atoms. The molecule has 0 aromatic carbocycles. The Kier molecular flexibility index (Phi) is 7.60. The largest absolute Gasteiger partial charge is 0.388 e. The molecule has 2 aromatic heterocycles. The van der Waals surface area contributed by atoms with Crippen LogP contribution in [0.3, 0.4) is 0 Å². The third-order valence-electron chi connectivity index (χ3n) is 9.41. The summed E-state index contributed by atoms with van der Waals surface area (Å²) in [4.78, 5) is 54.1. The number of anilines is 1. The smallest absolute Gasteiger partial charge is 0.335 e. The van der Waals surface area contributed by atoms with Gasteiger partial charge in [-0.2, -0.15) is 9.97 Å².